The van der Waals surface area contributed by atoms with E-state index in [1.54, 1.807) is 17.1 Å². The predicted molar refractivity (Wildman–Crippen MR) is 72.0 cm³/mol. The van der Waals surface area contributed by atoms with E-state index >= 15 is 0 Å². The van der Waals surface area contributed by atoms with Crippen molar-refractivity contribution in [3.63, 3.8) is 0 Å². The molecule has 1 unspecified atom stereocenters. The van der Waals surface area contributed by atoms with Gasteiger partial charge in [0.05, 0.1) is 12.0 Å². The molecular formula is C12H10ClN5O. The largest absolute Gasteiger partial charge is 0.394 e. The second-order valence-electron chi connectivity index (χ2n) is 4.41. The van der Waals surface area contributed by atoms with Crippen molar-refractivity contribution in [2.24, 2.45) is 5.41 Å². The Morgan fingerprint density at radius 3 is 3.05 bits per heavy atom. The van der Waals surface area contributed by atoms with Crippen LogP contribution >= 0.6 is 11.6 Å². The summed E-state index contributed by atoms with van der Waals surface area (Å²) in [6.45, 7) is -0.0696. The van der Waals surface area contributed by atoms with E-state index in [9.17, 15) is 5.11 Å². The molecule has 7 heteroatoms. The molecule has 1 fully saturated rings. The third-order valence-electron chi connectivity index (χ3n) is 3.22. The summed E-state index contributed by atoms with van der Waals surface area (Å²) in [5.74, 6) is 2.68. The topological polar surface area (TPSA) is 89.8 Å². The number of nitrogens with zero attached hydrogens (tertiary/aromatic N) is 4. The summed E-state index contributed by atoms with van der Waals surface area (Å²) >= 11 is 5.94. The van der Waals surface area contributed by atoms with Crippen molar-refractivity contribution < 1.29 is 5.11 Å². The lowest BCUT2D eigenvalue weighted by molar-refractivity contribution is 0.254. The number of hydrogen-bond donors (Lipinski definition) is 2. The van der Waals surface area contributed by atoms with Gasteiger partial charge in [0.2, 0.25) is 5.95 Å². The monoisotopic (exact) mass is 275 g/mol. The Balaban J connectivity index is 2.09. The minimum absolute atomic E-state index is 0.0696. The third-order valence-corrected chi connectivity index (χ3v) is 3.48. The first-order valence-electron chi connectivity index (χ1n) is 5.55. The number of nitrogen functional groups attached to an aromatic ring is 1. The molecule has 0 aliphatic heterocycles. The Bertz CT molecular complexity index is 744. The summed E-state index contributed by atoms with van der Waals surface area (Å²) in [4.78, 5) is 12.1. The van der Waals surface area contributed by atoms with Crippen LogP contribution in [0.5, 0.6) is 0 Å². The Labute approximate surface area is 113 Å². The standard InChI is InChI=1S/C12H10ClN5O/c1-2-12(5-19)3-7(12)4-18-6-15-8-9(13)16-11(14)17-10(8)18/h1,4,6,19H,3,5H2,(H2,14,16,17)/b7-4+. The summed E-state index contributed by atoms with van der Waals surface area (Å²) in [7, 11) is 0. The molecule has 0 spiro atoms. The molecule has 0 amide bonds. The maximum Gasteiger partial charge on any atom is 0.223 e. The van der Waals surface area contributed by atoms with Crippen LogP contribution in [0.15, 0.2) is 11.9 Å². The molecule has 0 bridgehead atoms. The van der Waals surface area contributed by atoms with Gasteiger partial charge in [-0.2, -0.15) is 9.97 Å². The van der Waals surface area contributed by atoms with E-state index in [0.29, 0.717) is 17.6 Å². The second-order valence-corrected chi connectivity index (χ2v) is 4.77. The van der Waals surface area contributed by atoms with Crippen molar-refractivity contribution in [3.8, 4) is 12.3 Å². The van der Waals surface area contributed by atoms with Gasteiger partial charge in [-0.25, -0.2) is 4.98 Å². The highest BCUT2D eigenvalue weighted by Gasteiger charge is 2.47. The highest BCUT2D eigenvalue weighted by Crippen LogP contribution is 2.51. The summed E-state index contributed by atoms with van der Waals surface area (Å²) in [5.41, 5.74) is 6.96. The Kier molecular flexibility index (Phi) is 2.49. The summed E-state index contributed by atoms with van der Waals surface area (Å²) in [6.07, 6.45) is 9.44. The van der Waals surface area contributed by atoms with Gasteiger partial charge in [-0.15, -0.1) is 6.42 Å². The van der Waals surface area contributed by atoms with Crippen LogP contribution in [0.25, 0.3) is 17.4 Å². The number of fused-ring (bicyclic) bond motifs is 1. The molecule has 0 saturated heterocycles. The van der Waals surface area contributed by atoms with Crippen LogP contribution in [0.4, 0.5) is 5.95 Å². The lowest BCUT2D eigenvalue weighted by Gasteiger charge is -2.00. The number of terminal acetylenes is 1. The first-order chi connectivity index (χ1) is 9.09. The van der Waals surface area contributed by atoms with Crippen LogP contribution in [0.3, 0.4) is 0 Å². The van der Waals surface area contributed by atoms with Crippen molar-refractivity contribution in [1.82, 2.24) is 19.5 Å². The highest BCUT2D eigenvalue weighted by molar-refractivity contribution is 6.33. The minimum atomic E-state index is -0.543. The highest BCUT2D eigenvalue weighted by atomic mass is 35.5. The number of halogens is 1. The molecule has 19 heavy (non-hydrogen) atoms. The van der Waals surface area contributed by atoms with E-state index in [2.05, 4.69) is 20.9 Å². The van der Waals surface area contributed by atoms with E-state index in [4.69, 9.17) is 23.8 Å². The molecule has 2 aromatic heterocycles. The molecule has 0 aromatic carbocycles. The molecule has 3 N–H and O–H groups in total. The fourth-order valence-electron chi connectivity index (χ4n) is 1.96. The lowest BCUT2D eigenvalue weighted by Crippen LogP contribution is -2.03. The molecule has 2 heterocycles. The first kappa shape index (κ1) is 12.0. The first-order valence-corrected chi connectivity index (χ1v) is 5.93. The van der Waals surface area contributed by atoms with Gasteiger partial charge in [-0.3, -0.25) is 4.57 Å². The fourth-order valence-corrected chi connectivity index (χ4v) is 2.18. The zero-order chi connectivity index (χ0) is 13.6. The average Bonchev–Trinajstić information content (AvgIpc) is 2.94. The smallest absolute Gasteiger partial charge is 0.223 e. The average molecular weight is 276 g/mol. The van der Waals surface area contributed by atoms with Gasteiger partial charge < -0.3 is 10.8 Å². The van der Waals surface area contributed by atoms with Crippen molar-refractivity contribution in [3.05, 3.63) is 17.1 Å². The molecule has 1 aliphatic rings. The van der Waals surface area contributed by atoms with Crippen LogP contribution in [-0.4, -0.2) is 31.2 Å². The van der Waals surface area contributed by atoms with Gasteiger partial charge in [-0.05, 0) is 12.0 Å². The van der Waals surface area contributed by atoms with E-state index in [-0.39, 0.29) is 17.7 Å². The van der Waals surface area contributed by atoms with E-state index in [0.717, 1.165) is 5.57 Å². The van der Waals surface area contributed by atoms with Gasteiger partial charge in [-0.1, -0.05) is 17.5 Å². The van der Waals surface area contributed by atoms with Crippen LogP contribution < -0.4 is 5.73 Å². The van der Waals surface area contributed by atoms with Gasteiger partial charge in [0.25, 0.3) is 0 Å². The molecule has 6 nitrogen and oxygen atoms in total. The van der Waals surface area contributed by atoms with E-state index in [1.807, 2.05) is 0 Å². The number of anilines is 1. The van der Waals surface area contributed by atoms with E-state index in [1.165, 1.54) is 0 Å². The summed E-state index contributed by atoms with van der Waals surface area (Å²) in [5, 5.41) is 9.49. The molecule has 1 atom stereocenters. The molecule has 2 aromatic rings. The van der Waals surface area contributed by atoms with Crippen molar-refractivity contribution in [2.45, 2.75) is 6.42 Å². The third kappa shape index (κ3) is 1.75. The molecular weight excluding hydrogens is 266 g/mol. The van der Waals surface area contributed by atoms with Gasteiger partial charge in [0.1, 0.15) is 11.8 Å². The number of aliphatic hydroxyl groups excluding tert-OH is 1. The quantitative estimate of drug-likeness (QED) is 0.628. The predicted octanol–water partition coefficient (Wildman–Crippen LogP) is 0.918. The normalized spacial score (nSPS) is 23.7. The minimum Gasteiger partial charge on any atom is -0.394 e. The van der Waals surface area contributed by atoms with Crippen molar-refractivity contribution in [2.75, 3.05) is 12.3 Å². The van der Waals surface area contributed by atoms with Crippen LogP contribution in [0.1, 0.15) is 6.42 Å². The maximum atomic E-state index is 9.28. The van der Waals surface area contributed by atoms with Crippen molar-refractivity contribution in [1.29, 1.82) is 0 Å². The van der Waals surface area contributed by atoms with Crippen LogP contribution in [0.2, 0.25) is 5.15 Å². The maximum absolute atomic E-state index is 9.28. The molecule has 96 valence electrons. The Morgan fingerprint density at radius 2 is 2.42 bits per heavy atom. The van der Waals surface area contributed by atoms with Gasteiger partial charge in [0, 0.05) is 6.20 Å². The Morgan fingerprint density at radius 1 is 1.63 bits per heavy atom. The number of aliphatic hydroxyl groups is 1. The number of hydrogen-bond acceptors (Lipinski definition) is 5. The van der Waals surface area contributed by atoms with Gasteiger partial charge >= 0.3 is 0 Å². The zero-order valence-electron chi connectivity index (χ0n) is 9.84. The van der Waals surface area contributed by atoms with Crippen molar-refractivity contribution >= 4 is 34.9 Å². The van der Waals surface area contributed by atoms with Crippen LogP contribution in [0, 0.1) is 17.8 Å². The number of aromatic nitrogens is 4. The van der Waals surface area contributed by atoms with Crippen LogP contribution in [-0.2, 0) is 0 Å². The van der Waals surface area contributed by atoms with Gasteiger partial charge in [0.15, 0.2) is 10.8 Å². The summed E-state index contributed by atoms with van der Waals surface area (Å²) in [6, 6.07) is 0. The second kappa shape index (κ2) is 3.95. The lowest BCUT2D eigenvalue weighted by atomic mass is 10.1. The molecule has 0 radical (unpaired) electrons. The zero-order valence-corrected chi connectivity index (χ0v) is 10.6. The SMILES string of the molecule is C#CC1(CO)C/C1=C\n1cnc2c(Cl)nc(N)nc21. The van der Waals surface area contributed by atoms with E-state index < -0.39 is 5.41 Å². The Hall–Kier alpha value is -2.10. The summed E-state index contributed by atoms with van der Waals surface area (Å²) < 4.78 is 1.68. The molecule has 3 rings (SSSR count). The number of nitrogens with two attached hydrogens (primary N) is 1. The fraction of sp³-hybridized carbons (Fsp3) is 0.250. The molecule has 1 saturated carbocycles. The number of rotatable bonds is 2. The number of imidazole rings is 1. The molecule has 1 aliphatic carbocycles.